The molecule has 1 atom stereocenters. The maximum atomic E-state index is 13.0. The molecule has 3 heterocycles. The number of nitrogens with zero attached hydrogens (tertiary/aromatic N) is 1. The van der Waals surface area contributed by atoms with Crippen LogP contribution in [0.5, 0.6) is 23.0 Å². The molecule has 0 saturated carbocycles. The zero-order valence-corrected chi connectivity index (χ0v) is 19.6. The van der Waals surface area contributed by atoms with E-state index < -0.39 is 5.92 Å². The Kier molecular flexibility index (Phi) is 5.77. The molecule has 7 nitrogen and oxygen atoms in total. The average molecular weight is 462 g/mol. The van der Waals surface area contributed by atoms with Crippen LogP contribution in [0, 0.1) is 6.92 Å². The molecule has 0 bridgehead atoms. The van der Waals surface area contributed by atoms with Crippen molar-refractivity contribution >= 4 is 5.97 Å². The average Bonchev–Trinajstić information content (AvgIpc) is 3.30. The summed E-state index contributed by atoms with van der Waals surface area (Å²) in [5, 5.41) is 0. The SMILES string of the molecule is COc1ccc([C@@H]2CC(=O)Oc3cc(C)n(C)c(=O)c32)cc1OCCc1ccc2c(c1)CCO2. The monoisotopic (exact) mass is 461 g/mol. The fourth-order valence-electron chi connectivity index (χ4n) is 4.63. The van der Waals surface area contributed by atoms with Gasteiger partial charge in [0.1, 0.15) is 11.5 Å². The normalized spacial score (nSPS) is 16.3. The van der Waals surface area contributed by atoms with E-state index in [4.69, 9.17) is 18.9 Å². The molecule has 0 saturated heterocycles. The van der Waals surface area contributed by atoms with Crippen LogP contribution in [0.4, 0.5) is 0 Å². The number of hydrogen-bond acceptors (Lipinski definition) is 6. The van der Waals surface area contributed by atoms with Crippen molar-refractivity contribution in [1.29, 1.82) is 0 Å². The first kappa shape index (κ1) is 22.1. The highest BCUT2D eigenvalue weighted by molar-refractivity contribution is 5.77. The van der Waals surface area contributed by atoms with Gasteiger partial charge in [-0.05, 0) is 41.8 Å². The number of pyridine rings is 1. The lowest BCUT2D eigenvalue weighted by molar-refractivity contribution is -0.135. The Bertz CT molecular complexity index is 1330. The molecule has 0 radical (unpaired) electrons. The molecule has 0 unspecified atom stereocenters. The number of ether oxygens (including phenoxy) is 4. The molecular weight excluding hydrogens is 434 g/mol. The third-order valence-electron chi connectivity index (χ3n) is 6.60. The van der Waals surface area contributed by atoms with Crippen LogP contribution in [0.2, 0.25) is 0 Å². The summed E-state index contributed by atoms with van der Waals surface area (Å²) < 4.78 is 24.2. The van der Waals surface area contributed by atoms with Gasteiger partial charge >= 0.3 is 5.97 Å². The van der Waals surface area contributed by atoms with Crippen molar-refractivity contribution in [3.05, 3.63) is 80.8 Å². The molecule has 0 amide bonds. The lowest BCUT2D eigenvalue weighted by Crippen LogP contribution is -2.32. The smallest absolute Gasteiger partial charge is 0.312 e. The minimum atomic E-state index is -0.416. The van der Waals surface area contributed by atoms with Gasteiger partial charge in [0.05, 0.1) is 32.3 Å². The topological polar surface area (TPSA) is 76.0 Å². The summed E-state index contributed by atoms with van der Waals surface area (Å²) in [7, 11) is 3.31. The van der Waals surface area contributed by atoms with Gasteiger partial charge in [0.2, 0.25) is 0 Å². The minimum absolute atomic E-state index is 0.0915. The first-order valence-electron chi connectivity index (χ1n) is 11.4. The van der Waals surface area contributed by atoms with E-state index >= 15 is 0 Å². The molecule has 0 N–H and O–H groups in total. The number of hydrogen-bond donors (Lipinski definition) is 0. The van der Waals surface area contributed by atoms with E-state index in [1.807, 2.05) is 31.2 Å². The van der Waals surface area contributed by atoms with Crippen LogP contribution in [0.25, 0.3) is 0 Å². The molecule has 0 spiro atoms. The number of carbonyl (C=O) groups excluding carboxylic acids is 1. The predicted octanol–water partition coefficient (Wildman–Crippen LogP) is 3.70. The molecule has 5 rings (SSSR count). The molecule has 34 heavy (non-hydrogen) atoms. The van der Waals surface area contributed by atoms with Crippen LogP contribution >= 0.6 is 0 Å². The number of aryl methyl sites for hydroxylation is 1. The van der Waals surface area contributed by atoms with Crippen molar-refractivity contribution in [2.45, 2.75) is 32.1 Å². The first-order valence-corrected chi connectivity index (χ1v) is 11.4. The van der Waals surface area contributed by atoms with Crippen molar-refractivity contribution in [3.8, 4) is 23.0 Å². The zero-order chi connectivity index (χ0) is 23.8. The van der Waals surface area contributed by atoms with Crippen molar-refractivity contribution in [3.63, 3.8) is 0 Å². The Balaban J connectivity index is 1.41. The molecule has 1 aromatic heterocycles. The maximum absolute atomic E-state index is 13.0. The number of rotatable bonds is 6. The highest BCUT2D eigenvalue weighted by atomic mass is 16.5. The van der Waals surface area contributed by atoms with Gasteiger partial charge in [0.15, 0.2) is 11.5 Å². The van der Waals surface area contributed by atoms with Gasteiger partial charge in [-0.3, -0.25) is 9.59 Å². The highest BCUT2D eigenvalue weighted by Crippen LogP contribution is 2.40. The number of aromatic nitrogens is 1. The fraction of sp³-hybridized carbons (Fsp3) is 0.333. The summed E-state index contributed by atoms with van der Waals surface area (Å²) in [6, 6.07) is 13.5. The second-order valence-corrected chi connectivity index (χ2v) is 8.71. The molecule has 2 aliphatic heterocycles. The highest BCUT2D eigenvalue weighted by Gasteiger charge is 2.32. The molecule has 0 fully saturated rings. The standard InChI is InChI=1S/C27H27NO6/c1-16-12-24-26(27(30)28(16)2)20(15-25(29)34-24)18-5-7-22(31-3)23(14-18)33-10-8-17-4-6-21-19(13-17)9-11-32-21/h4-7,12-14,20H,8-11,15H2,1-3H3/t20-/m0/s1. The van der Waals surface area contributed by atoms with Crippen LogP contribution in [-0.2, 0) is 24.7 Å². The van der Waals surface area contributed by atoms with E-state index in [9.17, 15) is 9.59 Å². The van der Waals surface area contributed by atoms with Gasteiger partial charge in [0, 0.05) is 37.6 Å². The van der Waals surface area contributed by atoms with E-state index in [2.05, 4.69) is 12.1 Å². The van der Waals surface area contributed by atoms with Gasteiger partial charge in [-0.15, -0.1) is 0 Å². The number of benzene rings is 2. The lowest BCUT2D eigenvalue weighted by atomic mass is 9.86. The Hall–Kier alpha value is -3.74. The third-order valence-corrected chi connectivity index (χ3v) is 6.60. The Morgan fingerprint density at radius 1 is 1.06 bits per heavy atom. The maximum Gasteiger partial charge on any atom is 0.312 e. The predicted molar refractivity (Wildman–Crippen MR) is 126 cm³/mol. The second-order valence-electron chi connectivity index (χ2n) is 8.71. The lowest BCUT2D eigenvalue weighted by Gasteiger charge is -2.26. The van der Waals surface area contributed by atoms with E-state index in [0.717, 1.165) is 36.5 Å². The van der Waals surface area contributed by atoms with E-state index in [-0.39, 0.29) is 17.9 Å². The van der Waals surface area contributed by atoms with Crippen molar-refractivity contribution < 1.29 is 23.7 Å². The van der Waals surface area contributed by atoms with Gasteiger partial charge in [0.25, 0.3) is 5.56 Å². The summed E-state index contributed by atoms with van der Waals surface area (Å²) in [6.07, 6.45) is 1.76. The Morgan fingerprint density at radius 3 is 2.74 bits per heavy atom. The molecule has 7 heteroatoms. The van der Waals surface area contributed by atoms with Gasteiger partial charge in [-0.2, -0.15) is 0 Å². The minimum Gasteiger partial charge on any atom is -0.493 e. The van der Waals surface area contributed by atoms with Crippen LogP contribution in [0.3, 0.4) is 0 Å². The second kappa shape index (κ2) is 8.89. The van der Waals surface area contributed by atoms with Gasteiger partial charge in [-0.25, -0.2) is 0 Å². The van der Waals surface area contributed by atoms with Crippen LogP contribution in [-0.4, -0.2) is 30.9 Å². The van der Waals surface area contributed by atoms with Gasteiger partial charge < -0.3 is 23.5 Å². The van der Waals surface area contributed by atoms with Crippen LogP contribution < -0.4 is 24.5 Å². The van der Waals surface area contributed by atoms with E-state index in [0.29, 0.717) is 29.4 Å². The van der Waals surface area contributed by atoms with E-state index in [1.165, 1.54) is 11.1 Å². The summed E-state index contributed by atoms with van der Waals surface area (Å²) >= 11 is 0. The number of carbonyl (C=O) groups is 1. The van der Waals surface area contributed by atoms with Crippen molar-refractivity contribution in [2.24, 2.45) is 7.05 Å². The summed E-state index contributed by atoms with van der Waals surface area (Å²) in [6.45, 7) is 3.01. The Labute approximate surface area is 197 Å². The number of esters is 1. The largest absolute Gasteiger partial charge is 0.493 e. The number of fused-ring (bicyclic) bond motifs is 2. The first-order chi connectivity index (χ1) is 16.4. The molecule has 176 valence electrons. The van der Waals surface area contributed by atoms with Crippen molar-refractivity contribution in [2.75, 3.05) is 20.3 Å². The molecule has 2 aliphatic rings. The Morgan fingerprint density at radius 2 is 1.91 bits per heavy atom. The summed E-state index contributed by atoms with van der Waals surface area (Å²) in [5.74, 6) is 1.70. The summed E-state index contributed by atoms with van der Waals surface area (Å²) in [4.78, 5) is 25.4. The molecule has 0 aliphatic carbocycles. The molecule has 3 aromatic rings. The van der Waals surface area contributed by atoms with Crippen LogP contribution in [0.1, 0.15) is 40.3 Å². The van der Waals surface area contributed by atoms with E-state index in [1.54, 1.807) is 24.8 Å². The molecular formula is C27H27NO6. The number of methoxy groups -OCH3 is 1. The quantitative estimate of drug-likeness (QED) is 0.521. The zero-order valence-electron chi connectivity index (χ0n) is 19.6. The van der Waals surface area contributed by atoms with Crippen molar-refractivity contribution in [1.82, 2.24) is 4.57 Å². The fourth-order valence-corrected chi connectivity index (χ4v) is 4.63. The van der Waals surface area contributed by atoms with Crippen LogP contribution in [0.15, 0.2) is 47.3 Å². The van der Waals surface area contributed by atoms with Gasteiger partial charge in [-0.1, -0.05) is 18.2 Å². The molecule has 2 aromatic carbocycles. The summed E-state index contributed by atoms with van der Waals surface area (Å²) in [5.41, 5.74) is 4.29. The third kappa shape index (κ3) is 4.02.